The zero-order chi connectivity index (χ0) is 14.3. The molecular weight excluding hydrogens is 375 g/mol. The molecule has 0 atom stereocenters. The average molecular weight is 396 g/mol. The lowest BCUT2D eigenvalue weighted by Gasteiger charge is -2.30. The van der Waals surface area contributed by atoms with E-state index in [0.717, 1.165) is 29.3 Å². The van der Waals surface area contributed by atoms with Gasteiger partial charge in [-0.3, -0.25) is 0 Å². The minimum Gasteiger partial charge on any atom is -0.381 e. The summed E-state index contributed by atoms with van der Waals surface area (Å²) < 4.78 is 19.1. The fourth-order valence-electron chi connectivity index (χ4n) is 1.87. The second-order valence-electron chi connectivity index (χ2n) is 5.28. The Morgan fingerprint density at radius 2 is 1.95 bits per heavy atom. The maximum atomic E-state index is 13.4. The molecule has 0 heterocycles. The monoisotopic (exact) mass is 394 g/mol. The van der Waals surface area contributed by atoms with Crippen LogP contribution in [0.1, 0.15) is 25.8 Å². The Labute approximate surface area is 132 Å². The van der Waals surface area contributed by atoms with E-state index in [1.807, 2.05) is 6.07 Å². The third-order valence-electron chi connectivity index (χ3n) is 3.12. The van der Waals surface area contributed by atoms with Gasteiger partial charge in [0.2, 0.25) is 0 Å². The molecule has 1 nitrogen and oxygen atoms in total. The van der Waals surface area contributed by atoms with Gasteiger partial charge in [0.05, 0.1) is 0 Å². The number of rotatable bonds is 8. The molecule has 19 heavy (non-hydrogen) atoms. The van der Waals surface area contributed by atoms with Crippen LogP contribution in [0.15, 0.2) is 24.3 Å². The van der Waals surface area contributed by atoms with Crippen LogP contribution in [-0.4, -0.2) is 23.9 Å². The second kappa shape index (κ2) is 8.38. The molecule has 0 spiro atoms. The Hall–Kier alpha value is 0.0700. The van der Waals surface area contributed by atoms with Crippen LogP contribution >= 0.6 is 31.9 Å². The zero-order valence-electron chi connectivity index (χ0n) is 11.5. The normalized spacial score (nSPS) is 12.1. The van der Waals surface area contributed by atoms with Crippen LogP contribution in [0.2, 0.25) is 0 Å². The van der Waals surface area contributed by atoms with Crippen molar-refractivity contribution in [1.82, 2.24) is 0 Å². The molecule has 0 amide bonds. The molecule has 0 fully saturated rings. The maximum absolute atomic E-state index is 13.4. The summed E-state index contributed by atoms with van der Waals surface area (Å²) in [7, 11) is 0. The van der Waals surface area contributed by atoms with Gasteiger partial charge in [0.25, 0.3) is 0 Å². The van der Waals surface area contributed by atoms with E-state index in [9.17, 15) is 4.39 Å². The molecule has 4 heteroatoms. The molecular formula is C15H21Br2FO. The Kier molecular flexibility index (Phi) is 7.55. The zero-order valence-corrected chi connectivity index (χ0v) is 14.6. The predicted molar refractivity (Wildman–Crippen MR) is 85.9 cm³/mol. The molecule has 0 aliphatic heterocycles. The van der Waals surface area contributed by atoms with Crippen LogP contribution in [0.3, 0.4) is 0 Å². The lowest BCUT2D eigenvalue weighted by Crippen LogP contribution is -2.32. The topological polar surface area (TPSA) is 9.23 Å². The van der Waals surface area contributed by atoms with Gasteiger partial charge in [-0.15, -0.1) is 0 Å². The standard InChI is InChI=1S/C15H21Br2FO/c1-12(2)9-19-7-6-15(10-16,11-17)13-4-3-5-14(18)8-13/h3-5,8,12H,6-7,9-11H2,1-2H3. The van der Waals surface area contributed by atoms with Crippen LogP contribution < -0.4 is 0 Å². The lowest BCUT2D eigenvalue weighted by atomic mass is 9.81. The molecule has 1 aromatic carbocycles. The highest BCUT2D eigenvalue weighted by Crippen LogP contribution is 2.33. The highest BCUT2D eigenvalue weighted by molar-refractivity contribution is 9.09. The second-order valence-corrected chi connectivity index (χ2v) is 6.40. The van der Waals surface area contributed by atoms with Gasteiger partial charge in [-0.25, -0.2) is 4.39 Å². The summed E-state index contributed by atoms with van der Waals surface area (Å²) in [4.78, 5) is 0. The molecule has 0 aromatic heterocycles. The lowest BCUT2D eigenvalue weighted by molar-refractivity contribution is 0.0975. The predicted octanol–water partition coefficient (Wildman–Crippen LogP) is 4.92. The molecule has 1 rings (SSSR count). The van der Waals surface area contributed by atoms with Crippen molar-refractivity contribution < 1.29 is 9.13 Å². The maximum Gasteiger partial charge on any atom is 0.123 e. The quantitative estimate of drug-likeness (QED) is 0.448. The van der Waals surface area contributed by atoms with Gasteiger partial charge in [0, 0.05) is 29.3 Å². The van der Waals surface area contributed by atoms with Crippen molar-refractivity contribution in [2.75, 3.05) is 23.9 Å². The summed E-state index contributed by atoms with van der Waals surface area (Å²) >= 11 is 7.14. The van der Waals surface area contributed by atoms with Crippen molar-refractivity contribution in [2.45, 2.75) is 25.7 Å². The van der Waals surface area contributed by atoms with E-state index in [0.29, 0.717) is 12.5 Å². The minimum absolute atomic E-state index is 0.126. The molecule has 0 saturated heterocycles. The van der Waals surface area contributed by atoms with Crippen LogP contribution in [0.4, 0.5) is 4.39 Å². The average Bonchev–Trinajstić information content (AvgIpc) is 2.39. The van der Waals surface area contributed by atoms with Crippen LogP contribution in [0.25, 0.3) is 0 Å². The number of benzene rings is 1. The summed E-state index contributed by atoms with van der Waals surface area (Å²) in [6.45, 7) is 5.72. The van der Waals surface area contributed by atoms with Crippen LogP contribution in [0.5, 0.6) is 0 Å². The summed E-state index contributed by atoms with van der Waals surface area (Å²) in [6, 6.07) is 6.84. The first-order valence-electron chi connectivity index (χ1n) is 6.50. The van der Waals surface area contributed by atoms with Gasteiger partial charge in [-0.1, -0.05) is 57.8 Å². The van der Waals surface area contributed by atoms with Gasteiger partial charge >= 0.3 is 0 Å². The number of hydrogen-bond acceptors (Lipinski definition) is 1. The Bertz CT molecular complexity index is 378. The highest BCUT2D eigenvalue weighted by Gasteiger charge is 2.30. The smallest absolute Gasteiger partial charge is 0.123 e. The SMILES string of the molecule is CC(C)COCCC(CBr)(CBr)c1cccc(F)c1. The van der Waals surface area contributed by atoms with E-state index in [4.69, 9.17) is 4.74 Å². The van der Waals surface area contributed by atoms with Crippen molar-refractivity contribution in [3.05, 3.63) is 35.6 Å². The van der Waals surface area contributed by atoms with Crippen LogP contribution in [-0.2, 0) is 10.2 Å². The van der Waals surface area contributed by atoms with Gasteiger partial charge in [-0.05, 0) is 30.0 Å². The van der Waals surface area contributed by atoms with Gasteiger partial charge < -0.3 is 4.74 Å². The first kappa shape index (κ1) is 17.1. The molecule has 108 valence electrons. The van der Waals surface area contributed by atoms with Crippen LogP contribution in [0, 0.1) is 11.7 Å². The molecule has 0 radical (unpaired) electrons. The molecule has 0 bridgehead atoms. The van der Waals surface area contributed by atoms with E-state index in [1.54, 1.807) is 12.1 Å². The molecule has 0 aliphatic rings. The van der Waals surface area contributed by atoms with E-state index in [-0.39, 0.29) is 11.2 Å². The minimum atomic E-state index is -0.188. The van der Waals surface area contributed by atoms with E-state index in [2.05, 4.69) is 45.7 Å². The van der Waals surface area contributed by atoms with E-state index in [1.165, 1.54) is 6.07 Å². The van der Waals surface area contributed by atoms with Gasteiger partial charge in [-0.2, -0.15) is 0 Å². The number of hydrogen-bond donors (Lipinski definition) is 0. The molecule has 0 aliphatic carbocycles. The van der Waals surface area contributed by atoms with E-state index < -0.39 is 0 Å². The molecule has 0 unspecified atom stereocenters. The largest absolute Gasteiger partial charge is 0.381 e. The first-order valence-corrected chi connectivity index (χ1v) is 8.74. The fourth-order valence-corrected chi connectivity index (χ4v) is 4.01. The van der Waals surface area contributed by atoms with Gasteiger partial charge in [0.15, 0.2) is 0 Å². The Morgan fingerprint density at radius 1 is 1.26 bits per heavy atom. The Balaban J connectivity index is 2.73. The third kappa shape index (κ3) is 5.16. The molecule has 0 N–H and O–H groups in total. The van der Waals surface area contributed by atoms with E-state index >= 15 is 0 Å². The van der Waals surface area contributed by atoms with Crippen molar-refractivity contribution >= 4 is 31.9 Å². The molecule has 1 aromatic rings. The van der Waals surface area contributed by atoms with Crippen molar-refractivity contribution in [3.8, 4) is 0 Å². The Morgan fingerprint density at radius 3 is 2.47 bits per heavy atom. The van der Waals surface area contributed by atoms with Crippen molar-refractivity contribution in [3.63, 3.8) is 0 Å². The highest BCUT2D eigenvalue weighted by atomic mass is 79.9. The molecule has 0 saturated carbocycles. The van der Waals surface area contributed by atoms with Gasteiger partial charge in [0.1, 0.15) is 5.82 Å². The first-order chi connectivity index (χ1) is 9.04. The van der Waals surface area contributed by atoms with Crippen molar-refractivity contribution in [2.24, 2.45) is 5.92 Å². The third-order valence-corrected chi connectivity index (χ3v) is 5.27. The van der Waals surface area contributed by atoms with Crippen molar-refractivity contribution in [1.29, 1.82) is 0 Å². The number of ether oxygens (including phenoxy) is 1. The number of halogens is 3. The summed E-state index contributed by atoms with van der Waals surface area (Å²) in [5.74, 6) is 0.350. The summed E-state index contributed by atoms with van der Waals surface area (Å²) in [6.07, 6.45) is 0.861. The summed E-state index contributed by atoms with van der Waals surface area (Å²) in [5.41, 5.74) is 0.883. The summed E-state index contributed by atoms with van der Waals surface area (Å²) in [5, 5.41) is 1.56. The fraction of sp³-hybridized carbons (Fsp3) is 0.600. The number of alkyl halides is 2.